The first-order chi connectivity index (χ1) is 8.43. The molecule has 0 heterocycles. The molecule has 2 N–H and O–H groups in total. The van der Waals surface area contributed by atoms with E-state index in [0.717, 1.165) is 12.0 Å². The first kappa shape index (κ1) is 14.7. The van der Waals surface area contributed by atoms with E-state index < -0.39 is 0 Å². The molecule has 0 aliphatic carbocycles. The van der Waals surface area contributed by atoms with E-state index in [1.165, 1.54) is 18.2 Å². The molecular weight excluding hydrogens is 226 g/mol. The quantitative estimate of drug-likeness (QED) is 0.816. The lowest BCUT2D eigenvalue weighted by atomic mass is 9.93. The highest BCUT2D eigenvalue weighted by atomic mass is 16.5. The van der Waals surface area contributed by atoms with Crippen LogP contribution in [0.25, 0.3) is 0 Å². The Morgan fingerprint density at radius 2 is 2.00 bits per heavy atom. The van der Waals surface area contributed by atoms with Gasteiger partial charge in [0.1, 0.15) is 0 Å². The van der Waals surface area contributed by atoms with Gasteiger partial charge in [-0.3, -0.25) is 4.79 Å². The normalized spacial score (nSPS) is 14.1. The number of carbonyl (C=O) groups excluding carboxylic acids is 1. The highest BCUT2D eigenvalue weighted by molar-refractivity contribution is 5.69. The van der Waals surface area contributed by atoms with Crippen molar-refractivity contribution < 1.29 is 9.53 Å². The summed E-state index contributed by atoms with van der Waals surface area (Å²) >= 11 is 0. The molecule has 1 aromatic carbocycles. The van der Waals surface area contributed by atoms with Crippen LogP contribution in [0, 0.1) is 19.8 Å². The maximum absolute atomic E-state index is 11.2. The molecule has 1 rings (SSSR count). The lowest BCUT2D eigenvalue weighted by molar-refractivity contribution is -0.141. The van der Waals surface area contributed by atoms with Gasteiger partial charge in [0.25, 0.3) is 0 Å². The number of esters is 1. The number of benzene rings is 1. The van der Waals surface area contributed by atoms with E-state index in [2.05, 4.69) is 36.8 Å². The number of hydrogen-bond acceptors (Lipinski definition) is 3. The third-order valence-corrected chi connectivity index (χ3v) is 3.36. The van der Waals surface area contributed by atoms with Crippen molar-refractivity contribution in [3.05, 3.63) is 34.9 Å². The molecule has 100 valence electrons. The third kappa shape index (κ3) is 4.15. The van der Waals surface area contributed by atoms with Crippen molar-refractivity contribution in [3.63, 3.8) is 0 Å². The van der Waals surface area contributed by atoms with Crippen LogP contribution in [0.15, 0.2) is 18.2 Å². The number of methoxy groups -OCH3 is 1. The molecule has 0 amide bonds. The summed E-state index contributed by atoms with van der Waals surface area (Å²) in [6.07, 6.45) is 1.21. The van der Waals surface area contributed by atoms with Gasteiger partial charge in [0.15, 0.2) is 0 Å². The molecule has 0 spiro atoms. The second kappa shape index (κ2) is 6.55. The van der Waals surface area contributed by atoms with Crippen LogP contribution < -0.4 is 5.73 Å². The van der Waals surface area contributed by atoms with Gasteiger partial charge in [-0.15, -0.1) is 0 Å². The molecule has 2 atom stereocenters. The highest BCUT2D eigenvalue weighted by Gasteiger charge is 2.15. The van der Waals surface area contributed by atoms with E-state index in [4.69, 9.17) is 5.73 Å². The number of hydrogen-bond donors (Lipinski definition) is 1. The molecule has 18 heavy (non-hydrogen) atoms. The van der Waals surface area contributed by atoms with Gasteiger partial charge in [0.2, 0.25) is 0 Å². The van der Waals surface area contributed by atoms with Crippen molar-refractivity contribution in [1.29, 1.82) is 0 Å². The van der Waals surface area contributed by atoms with Crippen molar-refractivity contribution in [1.82, 2.24) is 0 Å². The van der Waals surface area contributed by atoms with E-state index in [0.29, 0.717) is 6.42 Å². The van der Waals surface area contributed by atoms with Gasteiger partial charge in [0.05, 0.1) is 7.11 Å². The van der Waals surface area contributed by atoms with Crippen LogP contribution >= 0.6 is 0 Å². The summed E-state index contributed by atoms with van der Waals surface area (Å²) in [5.74, 6) is 0.0591. The monoisotopic (exact) mass is 249 g/mol. The highest BCUT2D eigenvalue weighted by Crippen LogP contribution is 2.23. The summed E-state index contributed by atoms with van der Waals surface area (Å²) in [5.41, 5.74) is 9.84. The number of ether oxygens (including phenoxy) is 1. The van der Waals surface area contributed by atoms with E-state index >= 15 is 0 Å². The lowest BCUT2D eigenvalue weighted by Gasteiger charge is -2.17. The average molecular weight is 249 g/mol. The standard InChI is InChI=1S/C15H23NO2/c1-10(8-15(17)18-4)7-14(16)13-6-5-11(2)12(3)9-13/h5-6,9-10,14H,7-8,16H2,1-4H3. The van der Waals surface area contributed by atoms with Crippen molar-refractivity contribution >= 4 is 5.97 Å². The second-order valence-corrected chi connectivity index (χ2v) is 5.07. The van der Waals surface area contributed by atoms with Crippen molar-refractivity contribution in [2.75, 3.05) is 7.11 Å². The van der Waals surface area contributed by atoms with Gasteiger partial charge in [-0.05, 0) is 42.9 Å². The third-order valence-electron chi connectivity index (χ3n) is 3.36. The summed E-state index contributed by atoms with van der Waals surface area (Å²) in [6, 6.07) is 6.27. The predicted octanol–water partition coefficient (Wildman–Crippen LogP) is 2.89. The molecule has 0 aliphatic rings. The molecule has 0 saturated carbocycles. The Hall–Kier alpha value is -1.35. The minimum absolute atomic E-state index is 0.0241. The Morgan fingerprint density at radius 1 is 1.33 bits per heavy atom. The average Bonchev–Trinajstić information content (AvgIpc) is 2.32. The van der Waals surface area contributed by atoms with E-state index in [-0.39, 0.29) is 17.9 Å². The smallest absolute Gasteiger partial charge is 0.305 e. The Bertz CT molecular complexity index is 415. The van der Waals surface area contributed by atoms with Crippen LogP contribution in [0.3, 0.4) is 0 Å². The fourth-order valence-electron chi connectivity index (χ4n) is 2.02. The zero-order chi connectivity index (χ0) is 13.7. The van der Waals surface area contributed by atoms with Gasteiger partial charge in [-0.25, -0.2) is 0 Å². The Morgan fingerprint density at radius 3 is 2.56 bits per heavy atom. The van der Waals surface area contributed by atoms with Gasteiger partial charge >= 0.3 is 5.97 Å². The van der Waals surface area contributed by atoms with Gasteiger partial charge < -0.3 is 10.5 Å². The predicted molar refractivity (Wildman–Crippen MR) is 73.3 cm³/mol. The lowest BCUT2D eigenvalue weighted by Crippen LogP contribution is -2.16. The maximum Gasteiger partial charge on any atom is 0.305 e. The molecular formula is C15H23NO2. The zero-order valence-corrected chi connectivity index (χ0v) is 11.7. The first-order valence-electron chi connectivity index (χ1n) is 6.33. The van der Waals surface area contributed by atoms with Crippen LogP contribution in [0.5, 0.6) is 0 Å². The molecule has 0 radical (unpaired) electrons. The number of rotatable bonds is 5. The number of carbonyl (C=O) groups is 1. The number of aryl methyl sites for hydroxylation is 2. The summed E-state index contributed by atoms with van der Waals surface area (Å²) in [7, 11) is 1.41. The Balaban J connectivity index is 2.61. The molecule has 0 bridgehead atoms. The minimum atomic E-state index is -0.171. The summed E-state index contributed by atoms with van der Waals surface area (Å²) in [5, 5.41) is 0. The molecule has 0 saturated heterocycles. The largest absolute Gasteiger partial charge is 0.469 e. The van der Waals surface area contributed by atoms with Crippen LogP contribution in [0.1, 0.15) is 42.5 Å². The van der Waals surface area contributed by atoms with Crippen LogP contribution in [0.4, 0.5) is 0 Å². The second-order valence-electron chi connectivity index (χ2n) is 5.07. The van der Waals surface area contributed by atoms with Crippen LogP contribution in [-0.4, -0.2) is 13.1 Å². The van der Waals surface area contributed by atoms with Crippen molar-refractivity contribution in [2.45, 2.75) is 39.7 Å². The minimum Gasteiger partial charge on any atom is -0.469 e. The first-order valence-corrected chi connectivity index (χ1v) is 6.33. The molecule has 0 aromatic heterocycles. The Kier molecular flexibility index (Phi) is 5.35. The molecule has 1 aromatic rings. The van der Waals surface area contributed by atoms with E-state index in [1.54, 1.807) is 0 Å². The topological polar surface area (TPSA) is 52.3 Å². The van der Waals surface area contributed by atoms with E-state index in [9.17, 15) is 4.79 Å². The number of nitrogens with two attached hydrogens (primary N) is 1. The molecule has 0 aliphatic heterocycles. The zero-order valence-electron chi connectivity index (χ0n) is 11.7. The Labute approximate surface area is 109 Å². The van der Waals surface area contributed by atoms with Gasteiger partial charge in [-0.2, -0.15) is 0 Å². The fourth-order valence-corrected chi connectivity index (χ4v) is 2.02. The van der Waals surface area contributed by atoms with Crippen molar-refractivity contribution in [3.8, 4) is 0 Å². The SMILES string of the molecule is COC(=O)CC(C)CC(N)c1ccc(C)c(C)c1. The van der Waals surface area contributed by atoms with Crippen LogP contribution in [0.2, 0.25) is 0 Å². The molecule has 3 nitrogen and oxygen atoms in total. The maximum atomic E-state index is 11.2. The molecule has 3 heteroatoms. The fraction of sp³-hybridized carbons (Fsp3) is 0.533. The molecule has 0 fully saturated rings. The van der Waals surface area contributed by atoms with Gasteiger partial charge in [0, 0.05) is 12.5 Å². The van der Waals surface area contributed by atoms with E-state index in [1.807, 2.05) is 6.92 Å². The summed E-state index contributed by atoms with van der Waals surface area (Å²) in [6.45, 7) is 6.20. The summed E-state index contributed by atoms with van der Waals surface area (Å²) < 4.78 is 4.66. The summed E-state index contributed by atoms with van der Waals surface area (Å²) in [4.78, 5) is 11.2. The van der Waals surface area contributed by atoms with Crippen molar-refractivity contribution in [2.24, 2.45) is 11.7 Å². The van der Waals surface area contributed by atoms with Crippen LogP contribution in [-0.2, 0) is 9.53 Å². The molecule has 2 unspecified atom stereocenters. The van der Waals surface area contributed by atoms with Gasteiger partial charge in [-0.1, -0.05) is 25.1 Å².